The summed E-state index contributed by atoms with van der Waals surface area (Å²) in [4.78, 5) is 26.5. The van der Waals surface area contributed by atoms with Gasteiger partial charge < -0.3 is 19.1 Å². The Morgan fingerprint density at radius 3 is 2.23 bits per heavy atom. The number of halogens is 1. The number of hydrogen-bond donors (Lipinski definition) is 0. The molecule has 0 N–H and O–H groups in total. The molecule has 1 atom stereocenters. The van der Waals surface area contributed by atoms with Crippen molar-refractivity contribution in [2.75, 3.05) is 13.1 Å². The van der Waals surface area contributed by atoms with Gasteiger partial charge in [0.25, 0.3) is 0 Å². The second kappa shape index (κ2) is 8.67. The van der Waals surface area contributed by atoms with Gasteiger partial charge in [-0.2, -0.15) is 0 Å². The third-order valence-corrected chi connectivity index (χ3v) is 5.06. The van der Waals surface area contributed by atoms with Crippen molar-refractivity contribution < 1.29 is 28.2 Å². The highest BCUT2D eigenvalue weighted by Crippen LogP contribution is 2.45. The summed E-state index contributed by atoms with van der Waals surface area (Å²) in [6.45, 7) is 11.7. The van der Waals surface area contributed by atoms with Crippen LogP contribution in [0, 0.1) is 5.82 Å². The van der Waals surface area contributed by atoms with E-state index in [2.05, 4.69) is 0 Å². The number of carbonyl (C=O) groups excluding carboxylic acids is 2. The van der Waals surface area contributed by atoms with Crippen molar-refractivity contribution in [1.82, 2.24) is 4.90 Å². The van der Waals surface area contributed by atoms with Crippen molar-refractivity contribution in [3.63, 3.8) is 0 Å². The fourth-order valence-corrected chi connectivity index (χ4v) is 3.58. The summed E-state index contributed by atoms with van der Waals surface area (Å²) >= 11 is 0. The predicted molar refractivity (Wildman–Crippen MR) is 115 cm³/mol. The van der Waals surface area contributed by atoms with Gasteiger partial charge in [-0.1, -0.05) is 0 Å². The van der Waals surface area contributed by atoms with E-state index in [0.717, 1.165) is 31.2 Å². The molecule has 1 aliphatic heterocycles. The molecule has 0 bridgehead atoms. The zero-order chi connectivity index (χ0) is 23.0. The van der Waals surface area contributed by atoms with Gasteiger partial charge in [-0.3, -0.25) is 0 Å². The highest BCUT2D eigenvalue weighted by molar-refractivity contribution is 5.90. The topological polar surface area (TPSA) is 65.1 Å². The van der Waals surface area contributed by atoms with E-state index in [0.29, 0.717) is 18.8 Å². The molecule has 1 aromatic rings. The molecule has 0 radical (unpaired) electrons. The minimum Gasteiger partial charge on any atom is -0.488 e. The second-order valence-electron chi connectivity index (χ2n) is 10.5. The van der Waals surface area contributed by atoms with E-state index < -0.39 is 23.0 Å². The molecule has 3 rings (SSSR count). The van der Waals surface area contributed by atoms with Crippen LogP contribution in [0.4, 0.5) is 9.18 Å². The van der Waals surface area contributed by atoms with E-state index in [1.54, 1.807) is 31.7 Å². The largest absolute Gasteiger partial charge is 0.488 e. The number of benzene rings is 1. The molecule has 1 unspecified atom stereocenters. The Morgan fingerprint density at radius 2 is 1.65 bits per heavy atom. The lowest BCUT2D eigenvalue weighted by molar-refractivity contribution is 0.00541. The summed E-state index contributed by atoms with van der Waals surface area (Å²) in [5.41, 5.74) is -0.504. The first-order valence-corrected chi connectivity index (χ1v) is 11.0. The molecule has 1 saturated carbocycles. The molecule has 1 saturated heterocycles. The van der Waals surface area contributed by atoms with Gasteiger partial charge in [0.15, 0.2) is 0 Å². The van der Waals surface area contributed by atoms with Gasteiger partial charge in [0.05, 0.1) is 12.1 Å². The van der Waals surface area contributed by atoms with E-state index >= 15 is 0 Å². The van der Waals surface area contributed by atoms with E-state index in [-0.39, 0.29) is 23.7 Å². The minimum atomic E-state index is -0.703. The molecule has 0 aromatic heterocycles. The fourth-order valence-electron chi connectivity index (χ4n) is 3.58. The van der Waals surface area contributed by atoms with Crippen LogP contribution in [-0.4, -0.2) is 47.4 Å². The molecule has 1 aromatic carbocycles. The first-order chi connectivity index (χ1) is 14.3. The van der Waals surface area contributed by atoms with E-state index in [1.807, 2.05) is 20.8 Å². The molecule has 0 spiro atoms. The number of ether oxygens (including phenoxy) is 3. The lowest BCUT2D eigenvalue weighted by atomic mass is 10.0. The zero-order valence-corrected chi connectivity index (χ0v) is 19.4. The van der Waals surface area contributed by atoms with E-state index in [1.165, 1.54) is 6.07 Å². The fraction of sp³-hybridized carbons (Fsp3) is 0.667. The highest BCUT2D eigenvalue weighted by atomic mass is 19.1. The number of amides is 1. The number of hydrogen-bond acceptors (Lipinski definition) is 5. The summed E-state index contributed by atoms with van der Waals surface area (Å²) in [7, 11) is 0. The maximum absolute atomic E-state index is 14.8. The van der Waals surface area contributed by atoms with Crippen molar-refractivity contribution in [3.8, 4) is 5.75 Å². The number of nitrogens with zero attached hydrogens (tertiary/aromatic N) is 1. The maximum atomic E-state index is 14.8. The van der Waals surface area contributed by atoms with Crippen LogP contribution in [0.2, 0.25) is 0 Å². The Balaban J connectivity index is 1.76. The van der Waals surface area contributed by atoms with Crippen LogP contribution >= 0.6 is 0 Å². The first-order valence-electron chi connectivity index (χ1n) is 11.0. The molecule has 1 amide bonds. The van der Waals surface area contributed by atoms with Gasteiger partial charge in [0.1, 0.15) is 28.9 Å². The lowest BCUT2D eigenvalue weighted by Crippen LogP contribution is -2.46. The third-order valence-electron chi connectivity index (χ3n) is 5.06. The van der Waals surface area contributed by atoms with Gasteiger partial charge in [-0.25, -0.2) is 14.0 Å². The first kappa shape index (κ1) is 23.4. The van der Waals surface area contributed by atoms with Gasteiger partial charge >= 0.3 is 12.1 Å². The molecule has 7 heteroatoms. The SMILES string of the molecule is CC(C)(C)OC(=O)c1cc(C2CC2)c(OC2CCCN(C(=O)OC(C)(C)C)C2)cc1F. The van der Waals surface area contributed by atoms with Gasteiger partial charge in [-0.05, 0) is 84.8 Å². The Labute approximate surface area is 184 Å². The number of likely N-dealkylation sites (tertiary alicyclic amines) is 1. The van der Waals surface area contributed by atoms with Crippen molar-refractivity contribution in [3.05, 3.63) is 29.1 Å². The standard InChI is InChI=1S/C24H34FNO5/c1-23(2,3)30-21(27)18-12-17(15-9-10-15)20(13-19(18)25)29-16-8-7-11-26(14-16)22(28)31-24(4,5)6/h12-13,15-16H,7-11,14H2,1-6H3. The van der Waals surface area contributed by atoms with Crippen LogP contribution in [0.15, 0.2) is 12.1 Å². The summed E-state index contributed by atoms with van der Waals surface area (Å²) in [5.74, 6) is -0.633. The molecule has 1 aliphatic carbocycles. The number of piperidine rings is 1. The van der Waals surface area contributed by atoms with Crippen LogP contribution in [0.3, 0.4) is 0 Å². The molecule has 172 valence electrons. The van der Waals surface area contributed by atoms with Crippen molar-refractivity contribution in [2.45, 2.75) is 90.4 Å². The smallest absolute Gasteiger partial charge is 0.410 e. The van der Waals surface area contributed by atoms with Crippen LogP contribution in [0.1, 0.15) is 89.1 Å². The van der Waals surface area contributed by atoms with E-state index in [9.17, 15) is 14.0 Å². The van der Waals surface area contributed by atoms with Gasteiger partial charge in [0, 0.05) is 12.6 Å². The molecular weight excluding hydrogens is 401 g/mol. The zero-order valence-electron chi connectivity index (χ0n) is 19.4. The molecular formula is C24H34FNO5. The number of rotatable bonds is 4. The minimum absolute atomic E-state index is 0.0665. The van der Waals surface area contributed by atoms with Crippen molar-refractivity contribution in [2.24, 2.45) is 0 Å². The molecule has 2 fully saturated rings. The van der Waals surface area contributed by atoms with E-state index in [4.69, 9.17) is 14.2 Å². The molecule has 1 heterocycles. The maximum Gasteiger partial charge on any atom is 0.410 e. The Bertz CT molecular complexity index is 836. The van der Waals surface area contributed by atoms with Gasteiger partial charge in [0.2, 0.25) is 0 Å². The quantitative estimate of drug-likeness (QED) is 0.590. The Hall–Kier alpha value is -2.31. The van der Waals surface area contributed by atoms with Gasteiger partial charge in [-0.15, -0.1) is 0 Å². The number of esters is 1. The summed E-state index contributed by atoms with van der Waals surface area (Å²) in [5, 5.41) is 0. The van der Waals surface area contributed by atoms with Crippen molar-refractivity contribution >= 4 is 12.1 Å². The molecule has 2 aliphatic rings. The highest BCUT2D eigenvalue weighted by Gasteiger charge is 2.33. The van der Waals surface area contributed by atoms with Crippen LogP contribution < -0.4 is 4.74 Å². The van der Waals surface area contributed by atoms with Crippen LogP contribution in [0.5, 0.6) is 5.75 Å². The van der Waals surface area contributed by atoms with Crippen LogP contribution in [0.25, 0.3) is 0 Å². The predicted octanol–water partition coefficient (Wildman–Crippen LogP) is 5.44. The summed E-state index contributed by atoms with van der Waals surface area (Å²) in [6, 6.07) is 2.87. The molecule has 6 nitrogen and oxygen atoms in total. The second-order valence-corrected chi connectivity index (χ2v) is 10.5. The Kier molecular flexibility index (Phi) is 6.53. The Morgan fingerprint density at radius 1 is 1.00 bits per heavy atom. The molecule has 31 heavy (non-hydrogen) atoms. The lowest BCUT2D eigenvalue weighted by Gasteiger charge is -2.34. The number of carbonyl (C=O) groups is 2. The summed E-state index contributed by atoms with van der Waals surface area (Å²) < 4.78 is 31.8. The van der Waals surface area contributed by atoms with Crippen molar-refractivity contribution in [1.29, 1.82) is 0 Å². The normalized spacial score (nSPS) is 19.7. The average molecular weight is 436 g/mol. The average Bonchev–Trinajstić information content (AvgIpc) is 3.44. The third kappa shape index (κ3) is 6.58. The monoisotopic (exact) mass is 435 g/mol. The summed E-state index contributed by atoms with van der Waals surface area (Å²) in [6.07, 6.45) is 2.87. The van der Waals surface area contributed by atoms with Crippen LogP contribution in [-0.2, 0) is 9.47 Å².